The molecule has 0 amide bonds. The van der Waals surface area contributed by atoms with E-state index in [9.17, 15) is 0 Å². The van der Waals surface area contributed by atoms with Crippen LogP contribution in [0.5, 0.6) is 5.75 Å². The molecule has 1 aromatic heterocycles. The maximum Gasteiger partial charge on any atom is 0.191 e. The number of nitrogens with zero attached hydrogens (tertiary/aromatic N) is 3. The van der Waals surface area contributed by atoms with Gasteiger partial charge in [0.1, 0.15) is 12.4 Å². The molecule has 7 heteroatoms. The Balaban J connectivity index is 1.53. The zero-order valence-corrected chi connectivity index (χ0v) is 18.5. The van der Waals surface area contributed by atoms with Crippen molar-refractivity contribution < 1.29 is 9.47 Å². The quantitative estimate of drug-likeness (QED) is 0.298. The molecular weight excluding hydrogens is 390 g/mol. The summed E-state index contributed by atoms with van der Waals surface area (Å²) in [6.45, 7) is 7.01. The summed E-state index contributed by atoms with van der Waals surface area (Å²) in [6, 6.07) is 18.3. The normalized spacial score (nSPS) is 11.4. The van der Waals surface area contributed by atoms with Crippen LogP contribution in [0.3, 0.4) is 0 Å². The van der Waals surface area contributed by atoms with Crippen LogP contribution in [0, 0.1) is 6.92 Å². The Morgan fingerprint density at radius 3 is 2.61 bits per heavy atom. The first-order chi connectivity index (χ1) is 15.2. The van der Waals surface area contributed by atoms with E-state index >= 15 is 0 Å². The van der Waals surface area contributed by atoms with Crippen LogP contribution in [-0.2, 0) is 17.8 Å². The van der Waals surface area contributed by atoms with E-state index in [0.717, 1.165) is 28.3 Å². The number of aromatic nitrogens is 2. The minimum Gasteiger partial charge on any atom is -0.491 e. The molecule has 0 fully saturated rings. The lowest BCUT2D eigenvalue weighted by Gasteiger charge is -2.15. The molecule has 3 rings (SSSR count). The Bertz CT molecular complexity index is 969. The monoisotopic (exact) mass is 421 g/mol. The molecule has 0 atom stereocenters. The Morgan fingerprint density at radius 1 is 1.03 bits per heavy atom. The van der Waals surface area contributed by atoms with Gasteiger partial charge in [-0.1, -0.05) is 30.3 Å². The Hall–Kier alpha value is -3.32. The first-order valence-electron chi connectivity index (χ1n) is 10.5. The van der Waals surface area contributed by atoms with E-state index in [2.05, 4.69) is 45.8 Å². The molecular formula is C24H31N5O2. The molecule has 0 spiro atoms. The third-order valence-corrected chi connectivity index (χ3v) is 4.68. The molecule has 0 saturated heterocycles. The zero-order valence-electron chi connectivity index (χ0n) is 18.5. The van der Waals surface area contributed by atoms with Gasteiger partial charge in [-0.3, -0.25) is 4.99 Å². The molecule has 2 N–H and O–H groups in total. The van der Waals surface area contributed by atoms with Crippen LogP contribution >= 0.6 is 0 Å². The number of hydrogen-bond acceptors (Lipinski definition) is 4. The van der Waals surface area contributed by atoms with Crippen molar-refractivity contribution in [1.82, 2.24) is 20.4 Å². The number of rotatable bonds is 10. The third-order valence-electron chi connectivity index (χ3n) is 4.68. The van der Waals surface area contributed by atoms with Gasteiger partial charge in [-0.2, -0.15) is 5.10 Å². The fourth-order valence-corrected chi connectivity index (χ4v) is 3.05. The van der Waals surface area contributed by atoms with Crippen molar-refractivity contribution in [2.24, 2.45) is 4.99 Å². The smallest absolute Gasteiger partial charge is 0.191 e. The van der Waals surface area contributed by atoms with Crippen molar-refractivity contribution >= 4 is 5.96 Å². The highest BCUT2D eigenvalue weighted by Gasteiger charge is 2.07. The summed E-state index contributed by atoms with van der Waals surface area (Å²) in [7, 11) is 1.76. The lowest BCUT2D eigenvalue weighted by molar-refractivity contribution is 0.110. The number of para-hydroxylation sites is 1. The summed E-state index contributed by atoms with van der Waals surface area (Å²) < 4.78 is 13.2. The van der Waals surface area contributed by atoms with Crippen LogP contribution < -0.4 is 15.4 Å². The Labute approximate surface area is 184 Å². The molecule has 0 aliphatic carbocycles. The summed E-state index contributed by atoms with van der Waals surface area (Å²) in [5, 5.41) is 11.3. The zero-order chi connectivity index (χ0) is 21.9. The van der Waals surface area contributed by atoms with E-state index in [0.29, 0.717) is 38.9 Å². The van der Waals surface area contributed by atoms with E-state index in [1.165, 1.54) is 0 Å². The molecule has 0 radical (unpaired) electrons. The fourth-order valence-electron chi connectivity index (χ4n) is 3.05. The molecule has 1 heterocycles. The van der Waals surface area contributed by atoms with Gasteiger partial charge in [-0.15, -0.1) is 0 Å². The first kappa shape index (κ1) is 22.4. The van der Waals surface area contributed by atoms with E-state index in [1.54, 1.807) is 7.05 Å². The average molecular weight is 422 g/mol. The van der Waals surface area contributed by atoms with Gasteiger partial charge in [-0.25, -0.2) is 4.68 Å². The second-order valence-electron chi connectivity index (χ2n) is 7.02. The van der Waals surface area contributed by atoms with Gasteiger partial charge in [0.05, 0.1) is 24.5 Å². The number of aryl methyl sites for hydroxylation is 1. The van der Waals surface area contributed by atoms with E-state index in [-0.39, 0.29) is 0 Å². The molecule has 7 nitrogen and oxygen atoms in total. The van der Waals surface area contributed by atoms with Gasteiger partial charge in [0.2, 0.25) is 0 Å². The van der Waals surface area contributed by atoms with Crippen LogP contribution in [0.15, 0.2) is 65.8 Å². The number of guanidine groups is 1. The summed E-state index contributed by atoms with van der Waals surface area (Å²) in [6.07, 6.45) is 1.96. The largest absolute Gasteiger partial charge is 0.491 e. The second kappa shape index (κ2) is 11.8. The number of ether oxygens (including phenoxy) is 2. The predicted octanol–water partition coefficient (Wildman–Crippen LogP) is 3.46. The molecule has 2 aromatic carbocycles. The van der Waals surface area contributed by atoms with E-state index in [4.69, 9.17) is 9.47 Å². The number of hydrogen-bond donors (Lipinski definition) is 2. The third kappa shape index (κ3) is 6.86. The maximum atomic E-state index is 5.92. The van der Waals surface area contributed by atoms with Crippen LogP contribution in [-0.4, -0.2) is 42.6 Å². The first-order valence-corrected chi connectivity index (χ1v) is 10.5. The number of nitrogens with one attached hydrogen (secondary N) is 2. The fraction of sp³-hybridized carbons (Fsp3) is 0.333. The van der Waals surface area contributed by atoms with Crippen molar-refractivity contribution in [3.8, 4) is 11.4 Å². The standard InChI is InChI=1S/C24H31N5O2/c1-4-30-14-15-31-23-16-19(2)10-11-20(23)17-26-24(25-3)27-18-21-12-13-29(28-21)22-8-6-5-7-9-22/h5-13,16H,4,14-15,17-18H2,1-3H3,(H2,25,26,27). The highest BCUT2D eigenvalue weighted by molar-refractivity contribution is 5.79. The van der Waals surface area contributed by atoms with Gasteiger partial charge in [0.25, 0.3) is 0 Å². The van der Waals surface area contributed by atoms with Crippen molar-refractivity contribution in [2.75, 3.05) is 26.9 Å². The van der Waals surface area contributed by atoms with Gasteiger partial charge in [0, 0.05) is 32.0 Å². The van der Waals surface area contributed by atoms with Crippen molar-refractivity contribution in [2.45, 2.75) is 26.9 Å². The highest BCUT2D eigenvalue weighted by Crippen LogP contribution is 2.20. The molecule has 0 saturated carbocycles. The van der Waals surface area contributed by atoms with Gasteiger partial charge < -0.3 is 20.1 Å². The van der Waals surface area contributed by atoms with Crippen LogP contribution in [0.25, 0.3) is 5.69 Å². The molecule has 0 unspecified atom stereocenters. The minimum atomic E-state index is 0.529. The van der Waals surface area contributed by atoms with Crippen molar-refractivity contribution in [3.05, 3.63) is 77.6 Å². The maximum absolute atomic E-state index is 5.92. The van der Waals surface area contributed by atoms with Gasteiger partial charge in [0.15, 0.2) is 5.96 Å². The topological polar surface area (TPSA) is 72.7 Å². The average Bonchev–Trinajstić information content (AvgIpc) is 3.27. The summed E-state index contributed by atoms with van der Waals surface area (Å²) in [5.74, 6) is 1.57. The van der Waals surface area contributed by atoms with Crippen LogP contribution in [0.2, 0.25) is 0 Å². The Morgan fingerprint density at radius 2 is 1.84 bits per heavy atom. The summed E-state index contributed by atoms with van der Waals surface area (Å²) >= 11 is 0. The molecule has 31 heavy (non-hydrogen) atoms. The van der Waals surface area contributed by atoms with Crippen molar-refractivity contribution in [1.29, 1.82) is 0 Å². The summed E-state index contributed by atoms with van der Waals surface area (Å²) in [5.41, 5.74) is 4.19. The molecule has 0 aliphatic rings. The lowest BCUT2D eigenvalue weighted by Crippen LogP contribution is -2.36. The number of benzene rings is 2. The van der Waals surface area contributed by atoms with Gasteiger partial charge >= 0.3 is 0 Å². The molecule has 0 aliphatic heterocycles. The highest BCUT2D eigenvalue weighted by atomic mass is 16.5. The minimum absolute atomic E-state index is 0.529. The number of aliphatic imine (C=N–C) groups is 1. The van der Waals surface area contributed by atoms with Crippen molar-refractivity contribution in [3.63, 3.8) is 0 Å². The second-order valence-corrected chi connectivity index (χ2v) is 7.02. The molecule has 0 bridgehead atoms. The predicted molar refractivity (Wildman–Crippen MR) is 124 cm³/mol. The Kier molecular flexibility index (Phi) is 8.48. The summed E-state index contributed by atoms with van der Waals surface area (Å²) in [4.78, 5) is 4.32. The van der Waals surface area contributed by atoms with Gasteiger partial charge in [-0.05, 0) is 43.7 Å². The van der Waals surface area contributed by atoms with E-state index in [1.807, 2.05) is 54.2 Å². The van der Waals surface area contributed by atoms with Crippen LogP contribution in [0.4, 0.5) is 0 Å². The van der Waals surface area contributed by atoms with Crippen LogP contribution in [0.1, 0.15) is 23.7 Å². The lowest BCUT2D eigenvalue weighted by atomic mass is 10.1. The molecule has 164 valence electrons. The SMILES string of the molecule is CCOCCOc1cc(C)ccc1CNC(=NC)NCc1ccn(-c2ccccc2)n1. The molecule has 3 aromatic rings. The van der Waals surface area contributed by atoms with E-state index < -0.39 is 0 Å².